The molecule has 2 unspecified atom stereocenters. The van der Waals surface area contributed by atoms with Crippen LogP contribution in [0.3, 0.4) is 0 Å². The summed E-state index contributed by atoms with van der Waals surface area (Å²) in [4.78, 5) is 58.6. The van der Waals surface area contributed by atoms with E-state index in [1.54, 1.807) is 0 Å². The van der Waals surface area contributed by atoms with E-state index < -0.39 is 38.6 Å². The first-order valence-electron chi connectivity index (χ1n) is 34.0. The monoisotopic (exact) mass is 1140 g/mol. The molecule has 0 aromatic carbocycles. The molecule has 0 saturated carbocycles. The van der Waals surface area contributed by atoms with Crippen LogP contribution in [-0.4, -0.2) is 68.3 Å². The minimum atomic E-state index is -4.59. The average Bonchev–Trinajstić information content (AvgIpc) is 3.43. The standard InChI is InChI=1S/C66H128NO11P/c1-3-5-7-9-11-13-15-17-27-31-35-39-43-47-51-55-64(69)75-61-63(78-65(70)56-52-48-44-40-36-32-28-18-16-14-12-10-8-6-4-2)62-77-79(72,73)76-60-57-67-66(71)74-59-54-50-46-42-38-34-30-26-24-22-20-19-21-23-25-29-33-37-41-45-49-53-58-68/h58,63H,3-57,59-62H2,1-2H3,(H,67,71)(H,72,73). The van der Waals surface area contributed by atoms with Crippen LogP contribution in [0.1, 0.15) is 361 Å². The van der Waals surface area contributed by atoms with Crippen molar-refractivity contribution < 1.29 is 51.9 Å². The summed E-state index contributed by atoms with van der Waals surface area (Å²) in [5.41, 5.74) is 0. The number of nitrogens with one attached hydrogen (secondary N) is 1. The Morgan fingerprint density at radius 3 is 1.06 bits per heavy atom. The Morgan fingerprint density at radius 2 is 0.709 bits per heavy atom. The predicted octanol–water partition coefficient (Wildman–Crippen LogP) is 20.6. The summed E-state index contributed by atoms with van der Waals surface area (Å²) in [6.45, 7) is 3.69. The van der Waals surface area contributed by atoms with Gasteiger partial charge in [-0.15, -0.1) is 0 Å². The van der Waals surface area contributed by atoms with Crippen LogP contribution in [0, 0.1) is 0 Å². The molecule has 0 aromatic heterocycles. The fourth-order valence-electron chi connectivity index (χ4n) is 10.3. The van der Waals surface area contributed by atoms with Crippen molar-refractivity contribution in [3.63, 3.8) is 0 Å². The van der Waals surface area contributed by atoms with E-state index in [0.29, 0.717) is 19.4 Å². The second-order valence-electron chi connectivity index (χ2n) is 23.2. The first-order chi connectivity index (χ1) is 38.7. The lowest BCUT2D eigenvalue weighted by Crippen LogP contribution is -2.30. The second kappa shape index (κ2) is 63.6. The molecule has 0 aliphatic carbocycles. The van der Waals surface area contributed by atoms with E-state index >= 15 is 0 Å². The van der Waals surface area contributed by atoms with Crippen LogP contribution < -0.4 is 5.32 Å². The Labute approximate surface area is 487 Å². The maximum absolute atomic E-state index is 12.9. The van der Waals surface area contributed by atoms with Gasteiger partial charge in [-0.05, 0) is 25.7 Å². The number of ether oxygens (including phenoxy) is 3. The van der Waals surface area contributed by atoms with Crippen LogP contribution in [-0.2, 0) is 42.2 Å². The number of carbonyl (C=O) groups excluding carboxylic acids is 4. The molecule has 2 atom stereocenters. The van der Waals surface area contributed by atoms with Gasteiger partial charge in [0.15, 0.2) is 6.10 Å². The Morgan fingerprint density at radius 1 is 0.392 bits per heavy atom. The lowest BCUT2D eigenvalue weighted by atomic mass is 10.0. The molecule has 79 heavy (non-hydrogen) atoms. The molecule has 2 N–H and O–H groups in total. The number of unbranched alkanes of at least 4 members (excludes halogenated alkanes) is 49. The van der Waals surface area contributed by atoms with E-state index in [2.05, 4.69) is 19.2 Å². The fraction of sp³-hybridized carbons (Fsp3) is 0.939. The van der Waals surface area contributed by atoms with E-state index in [-0.39, 0.29) is 32.6 Å². The van der Waals surface area contributed by atoms with E-state index in [0.717, 1.165) is 70.5 Å². The van der Waals surface area contributed by atoms with Crippen molar-refractivity contribution in [2.45, 2.75) is 367 Å². The lowest BCUT2D eigenvalue weighted by Gasteiger charge is -2.20. The average molecular weight is 1140 g/mol. The first kappa shape index (κ1) is 77.0. The van der Waals surface area contributed by atoms with Gasteiger partial charge in [0.1, 0.15) is 12.9 Å². The molecule has 0 fully saturated rings. The number of phosphoric ester groups is 1. The summed E-state index contributed by atoms with van der Waals surface area (Å²) >= 11 is 0. The Kier molecular flexibility index (Phi) is 62.0. The van der Waals surface area contributed by atoms with E-state index in [9.17, 15) is 28.6 Å². The zero-order valence-electron chi connectivity index (χ0n) is 51.9. The molecule has 0 heterocycles. The zero-order valence-corrected chi connectivity index (χ0v) is 52.7. The number of alkyl carbamates (subject to hydrolysis) is 1. The Hall–Kier alpha value is -2.01. The highest BCUT2D eigenvalue weighted by Crippen LogP contribution is 2.43. The molecule has 0 rings (SSSR count). The second-order valence-corrected chi connectivity index (χ2v) is 24.7. The normalized spacial score (nSPS) is 12.6. The molecular weight excluding hydrogens is 1010 g/mol. The van der Waals surface area contributed by atoms with Crippen LogP contribution >= 0.6 is 7.82 Å². The number of hydrogen-bond donors (Lipinski definition) is 2. The highest BCUT2D eigenvalue weighted by molar-refractivity contribution is 7.47. The van der Waals surface area contributed by atoms with Gasteiger partial charge in [0.25, 0.3) is 0 Å². The van der Waals surface area contributed by atoms with E-state index in [1.165, 1.54) is 257 Å². The van der Waals surface area contributed by atoms with E-state index in [4.69, 9.17) is 23.3 Å². The molecule has 0 radical (unpaired) electrons. The highest BCUT2D eigenvalue weighted by Gasteiger charge is 2.26. The Balaban J connectivity index is 4.30. The highest BCUT2D eigenvalue weighted by atomic mass is 31.2. The number of amides is 1. The van der Waals surface area contributed by atoms with Crippen LogP contribution in [0.25, 0.3) is 0 Å². The number of phosphoric acid groups is 1. The summed E-state index contributed by atoms with van der Waals surface area (Å²) in [6, 6.07) is 0. The summed E-state index contributed by atoms with van der Waals surface area (Å²) < 4.78 is 39.4. The van der Waals surface area contributed by atoms with E-state index in [1.807, 2.05) is 0 Å². The number of aldehydes is 1. The van der Waals surface area contributed by atoms with Crippen molar-refractivity contribution >= 4 is 32.1 Å². The van der Waals surface area contributed by atoms with Crippen LogP contribution in [0.2, 0.25) is 0 Å². The maximum Gasteiger partial charge on any atom is 0.472 e. The van der Waals surface area contributed by atoms with Crippen molar-refractivity contribution in [1.82, 2.24) is 5.32 Å². The van der Waals surface area contributed by atoms with Gasteiger partial charge in [-0.1, -0.05) is 316 Å². The van der Waals surface area contributed by atoms with Gasteiger partial charge < -0.3 is 29.2 Å². The molecule has 0 bridgehead atoms. The van der Waals surface area contributed by atoms with Gasteiger partial charge in [-0.3, -0.25) is 18.6 Å². The quantitative estimate of drug-likeness (QED) is 0.0196. The fourth-order valence-corrected chi connectivity index (χ4v) is 11.1. The molecule has 0 aliphatic rings. The van der Waals surface area contributed by atoms with Crippen molar-refractivity contribution in [1.29, 1.82) is 0 Å². The molecule has 468 valence electrons. The van der Waals surface area contributed by atoms with Crippen LogP contribution in [0.4, 0.5) is 4.79 Å². The minimum absolute atomic E-state index is 0.0614. The molecule has 12 nitrogen and oxygen atoms in total. The molecular formula is C66H128NO11P. The minimum Gasteiger partial charge on any atom is -0.462 e. The molecule has 0 spiro atoms. The molecule has 13 heteroatoms. The van der Waals surface area contributed by atoms with Gasteiger partial charge in [0, 0.05) is 25.8 Å². The number of carbonyl (C=O) groups is 4. The van der Waals surface area contributed by atoms with Crippen molar-refractivity contribution in [2.24, 2.45) is 0 Å². The summed E-state index contributed by atoms with van der Waals surface area (Å²) in [6.07, 6.45) is 63.9. The van der Waals surface area contributed by atoms with Crippen molar-refractivity contribution in [3.05, 3.63) is 0 Å². The first-order valence-corrected chi connectivity index (χ1v) is 35.5. The summed E-state index contributed by atoms with van der Waals surface area (Å²) in [5.74, 6) is -0.869. The zero-order chi connectivity index (χ0) is 57.5. The SMILES string of the molecule is CCCCCCCCCCCCCCCCCC(=O)OCC(COP(=O)(O)OCCNC(=O)OCCCCCCCCCCCCCCCCCCCCCCCC=O)OC(=O)CCCCCCCCCCCCCCCCC. The third-order valence-electron chi connectivity index (χ3n) is 15.4. The number of esters is 2. The van der Waals surface area contributed by atoms with Gasteiger partial charge in [0.2, 0.25) is 0 Å². The Bertz CT molecular complexity index is 1350. The largest absolute Gasteiger partial charge is 0.472 e. The predicted molar refractivity (Wildman–Crippen MR) is 329 cm³/mol. The maximum atomic E-state index is 12.9. The molecule has 0 saturated heterocycles. The molecule has 0 aromatic rings. The lowest BCUT2D eigenvalue weighted by molar-refractivity contribution is -0.161. The molecule has 0 aliphatic heterocycles. The summed E-state index contributed by atoms with van der Waals surface area (Å²) in [7, 11) is -4.59. The van der Waals surface area contributed by atoms with Crippen molar-refractivity contribution in [2.75, 3.05) is 33.0 Å². The summed E-state index contributed by atoms with van der Waals surface area (Å²) in [5, 5.41) is 2.54. The number of rotatable bonds is 66. The smallest absolute Gasteiger partial charge is 0.462 e. The third-order valence-corrected chi connectivity index (χ3v) is 16.4. The van der Waals surface area contributed by atoms with Gasteiger partial charge in [0.05, 0.1) is 19.8 Å². The molecule has 1 amide bonds. The van der Waals surface area contributed by atoms with Gasteiger partial charge in [-0.25, -0.2) is 9.36 Å². The van der Waals surface area contributed by atoms with Gasteiger partial charge in [-0.2, -0.15) is 0 Å². The van der Waals surface area contributed by atoms with Crippen molar-refractivity contribution in [3.8, 4) is 0 Å². The topological polar surface area (TPSA) is 164 Å². The van der Waals surface area contributed by atoms with Crippen LogP contribution in [0.5, 0.6) is 0 Å². The third kappa shape index (κ3) is 63.4. The number of hydrogen-bond acceptors (Lipinski definition) is 10. The van der Waals surface area contributed by atoms with Gasteiger partial charge >= 0.3 is 25.9 Å². The van der Waals surface area contributed by atoms with Crippen LogP contribution in [0.15, 0.2) is 0 Å².